The Kier molecular flexibility index (Phi) is 4.54. The van der Waals surface area contributed by atoms with Crippen LogP contribution in [-0.2, 0) is 6.54 Å². The molecule has 0 aliphatic rings. The van der Waals surface area contributed by atoms with Crippen molar-refractivity contribution in [2.75, 3.05) is 12.4 Å². The van der Waals surface area contributed by atoms with Crippen LogP contribution in [0.5, 0.6) is 0 Å². The number of aromatic carboxylic acids is 1. The van der Waals surface area contributed by atoms with Crippen molar-refractivity contribution in [1.29, 1.82) is 0 Å². The minimum absolute atomic E-state index is 0.176. The van der Waals surface area contributed by atoms with E-state index in [9.17, 15) is 9.59 Å². The Morgan fingerprint density at radius 1 is 1.43 bits per heavy atom. The zero-order valence-electron chi connectivity index (χ0n) is 11.7. The molecule has 0 fully saturated rings. The first-order valence-electron chi connectivity index (χ1n) is 6.21. The fourth-order valence-electron chi connectivity index (χ4n) is 1.84. The van der Waals surface area contributed by atoms with Crippen LogP contribution in [0.3, 0.4) is 0 Å². The van der Waals surface area contributed by atoms with Crippen molar-refractivity contribution < 1.29 is 14.7 Å². The molecule has 21 heavy (non-hydrogen) atoms. The van der Waals surface area contributed by atoms with Gasteiger partial charge in [0.1, 0.15) is 0 Å². The average Bonchev–Trinajstić information content (AvgIpc) is 2.93. The number of thiazole rings is 1. The van der Waals surface area contributed by atoms with Gasteiger partial charge in [0.2, 0.25) is 0 Å². The van der Waals surface area contributed by atoms with E-state index >= 15 is 0 Å². The summed E-state index contributed by atoms with van der Waals surface area (Å²) in [6.45, 7) is 2.06. The fourth-order valence-corrected chi connectivity index (χ4v) is 2.39. The number of aromatic nitrogens is 1. The second kappa shape index (κ2) is 6.36. The number of anilines is 1. The van der Waals surface area contributed by atoms with Crippen molar-refractivity contribution in [1.82, 2.24) is 9.88 Å². The van der Waals surface area contributed by atoms with Crippen molar-refractivity contribution in [3.05, 3.63) is 45.9 Å². The molecule has 0 spiro atoms. The quantitative estimate of drug-likeness (QED) is 0.910. The second-order valence-electron chi connectivity index (χ2n) is 4.55. The van der Waals surface area contributed by atoms with Crippen LogP contribution in [0.4, 0.5) is 10.5 Å². The lowest BCUT2D eigenvalue weighted by Gasteiger charge is -2.18. The third kappa shape index (κ3) is 3.57. The Labute approximate surface area is 126 Å². The van der Waals surface area contributed by atoms with Gasteiger partial charge in [-0.25, -0.2) is 14.6 Å². The predicted molar refractivity (Wildman–Crippen MR) is 80.7 cm³/mol. The van der Waals surface area contributed by atoms with Crippen LogP contribution in [0, 0.1) is 6.92 Å². The van der Waals surface area contributed by atoms with Gasteiger partial charge in [0.15, 0.2) is 0 Å². The van der Waals surface area contributed by atoms with Gasteiger partial charge in [0, 0.05) is 18.1 Å². The van der Waals surface area contributed by atoms with Crippen LogP contribution in [0.2, 0.25) is 0 Å². The monoisotopic (exact) mass is 305 g/mol. The summed E-state index contributed by atoms with van der Waals surface area (Å²) >= 11 is 1.47. The van der Waals surface area contributed by atoms with Gasteiger partial charge in [-0.15, -0.1) is 11.3 Å². The molecule has 0 saturated heterocycles. The van der Waals surface area contributed by atoms with Gasteiger partial charge in [-0.05, 0) is 24.6 Å². The van der Waals surface area contributed by atoms with Gasteiger partial charge in [-0.2, -0.15) is 0 Å². The molecule has 0 saturated carbocycles. The van der Waals surface area contributed by atoms with Gasteiger partial charge in [0.05, 0.1) is 23.3 Å². The number of urea groups is 1. The molecule has 2 rings (SSSR count). The normalized spacial score (nSPS) is 10.2. The molecule has 2 amide bonds. The standard InChI is InChI=1S/C14H15N3O3S/c1-9-11(13(18)19)4-3-5-12(9)16-14(20)17(2)6-10-7-21-8-15-10/h3-5,7-8H,6H2,1-2H3,(H,16,20)(H,18,19). The Bertz CT molecular complexity index is 655. The van der Waals surface area contributed by atoms with Gasteiger partial charge >= 0.3 is 12.0 Å². The lowest BCUT2D eigenvalue weighted by Crippen LogP contribution is -2.31. The highest BCUT2D eigenvalue weighted by molar-refractivity contribution is 7.07. The van der Waals surface area contributed by atoms with Crippen LogP contribution < -0.4 is 5.32 Å². The largest absolute Gasteiger partial charge is 0.478 e. The highest BCUT2D eigenvalue weighted by Crippen LogP contribution is 2.19. The second-order valence-corrected chi connectivity index (χ2v) is 5.27. The van der Waals surface area contributed by atoms with E-state index < -0.39 is 5.97 Å². The number of benzene rings is 1. The molecule has 0 radical (unpaired) electrons. The van der Waals surface area contributed by atoms with Crippen LogP contribution in [0.25, 0.3) is 0 Å². The van der Waals surface area contributed by atoms with E-state index in [1.165, 1.54) is 22.3 Å². The summed E-state index contributed by atoms with van der Waals surface area (Å²) in [4.78, 5) is 28.8. The van der Waals surface area contributed by atoms with E-state index in [0.717, 1.165) is 5.69 Å². The lowest BCUT2D eigenvalue weighted by atomic mass is 10.1. The number of carbonyl (C=O) groups is 2. The number of carbonyl (C=O) groups excluding carboxylic acids is 1. The summed E-state index contributed by atoms with van der Waals surface area (Å²) in [5.41, 5.74) is 3.72. The highest BCUT2D eigenvalue weighted by Gasteiger charge is 2.14. The van der Waals surface area contributed by atoms with Gasteiger partial charge in [-0.3, -0.25) is 0 Å². The lowest BCUT2D eigenvalue weighted by molar-refractivity contribution is 0.0696. The number of carboxylic acids is 1. The van der Waals surface area contributed by atoms with Gasteiger partial charge in [-0.1, -0.05) is 6.07 Å². The van der Waals surface area contributed by atoms with E-state index in [1.54, 1.807) is 31.6 Å². The smallest absolute Gasteiger partial charge is 0.336 e. The Hall–Kier alpha value is -2.41. The van der Waals surface area contributed by atoms with Crippen molar-refractivity contribution in [2.24, 2.45) is 0 Å². The highest BCUT2D eigenvalue weighted by atomic mass is 32.1. The zero-order valence-corrected chi connectivity index (χ0v) is 12.5. The van der Waals surface area contributed by atoms with E-state index in [4.69, 9.17) is 5.11 Å². The Morgan fingerprint density at radius 3 is 2.81 bits per heavy atom. The number of hydrogen-bond donors (Lipinski definition) is 2. The number of nitrogens with zero attached hydrogens (tertiary/aromatic N) is 2. The topological polar surface area (TPSA) is 82.5 Å². The third-order valence-electron chi connectivity index (χ3n) is 3.04. The van der Waals surface area contributed by atoms with Crippen molar-refractivity contribution in [3.8, 4) is 0 Å². The van der Waals surface area contributed by atoms with Crippen LogP contribution in [0.15, 0.2) is 29.1 Å². The number of nitrogens with one attached hydrogen (secondary N) is 1. The van der Waals surface area contributed by atoms with Crippen molar-refractivity contribution in [2.45, 2.75) is 13.5 Å². The summed E-state index contributed by atoms with van der Waals surface area (Å²) in [6.07, 6.45) is 0. The van der Waals surface area contributed by atoms with Crippen LogP contribution in [0.1, 0.15) is 21.6 Å². The van der Waals surface area contributed by atoms with Crippen LogP contribution >= 0.6 is 11.3 Å². The molecule has 6 nitrogen and oxygen atoms in total. The number of hydrogen-bond acceptors (Lipinski definition) is 4. The molecule has 110 valence electrons. The summed E-state index contributed by atoms with van der Waals surface area (Å²) in [6, 6.07) is 4.48. The average molecular weight is 305 g/mol. The predicted octanol–water partition coefficient (Wildman–Crippen LogP) is 2.81. The van der Waals surface area contributed by atoms with Crippen molar-refractivity contribution in [3.63, 3.8) is 0 Å². The molecule has 1 aromatic heterocycles. The molecule has 0 bridgehead atoms. The summed E-state index contributed by atoms with van der Waals surface area (Å²) < 4.78 is 0. The number of rotatable bonds is 4. The maximum absolute atomic E-state index is 12.1. The number of amides is 2. The van der Waals surface area contributed by atoms with E-state index in [0.29, 0.717) is 17.8 Å². The maximum Gasteiger partial charge on any atom is 0.336 e. The minimum atomic E-state index is -1.01. The van der Waals surface area contributed by atoms with Gasteiger partial charge < -0.3 is 15.3 Å². The molecule has 2 N–H and O–H groups in total. The first kappa shape index (κ1) is 15.0. The van der Waals surface area contributed by atoms with E-state index in [1.807, 2.05) is 5.38 Å². The molecule has 0 unspecified atom stereocenters. The molecule has 2 aromatic rings. The molecular weight excluding hydrogens is 290 g/mol. The SMILES string of the molecule is Cc1c(NC(=O)N(C)Cc2cscn2)cccc1C(=O)O. The third-order valence-corrected chi connectivity index (χ3v) is 3.67. The summed E-state index contributed by atoms with van der Waals surface area (Å²) in [5, 5.41) is 13.7. The van der Waals surface area contributed by atoms with E-state index in [2.05, 4.69) is 10.3 Å². The number of carboxylic acid groups (broad SMARTS) is 1. The first-order valence-corrected chi connectivity index (χ1v) is 7.15. The minimum Gasteiger partial charge on any atom is -0.478 e. The summed E-state index contributed by atoms with van der Waals surface area (Å²) in [7, 11) is 1.66. The van der Waals surface area contributed by atoms with Crippen molar-refractivity contribution >= 4 is 29.0 Å². The van der Waals surface area contributed by atoms with Crippen LogP contribution in [-0.4, -0.2) is 34.0 Å². The molecular formula is C14H15N3O3S. The maximum atomic E-state index is 12.1. The molecule has 1 heterocycles. The summed E-state index contributed by atoms with van der Waals surface area (Å²) in [5.74, 6) is -1.01. The Balaban J connectivity index is 2.09. The molecule has 0 aliphatic heterocycles. The molecule has 1 aromatic carbocycles. The molecule has 7 heteroatoms. The fraction of sp³-hybridized carbons (Fsp3) is 0.214. The first-order chi connectivity index (χ1) is 9.99. The van der Waals surface area contributed by atoms with E-state index in [-0.39, 0.29) is 11.6 Å². The van der Waals surface area contributed by atoms with Gasteiger partial charge in [0.25, 0.3) is 0 Å². The molecule has 0 aliphatic carbocycles. The Morgan fingerprint density at radius 2 is 2.19 bits per heavy atom. The zero-order chi connectivity index (χ0) is 15.4. The molecule has 0 atom stereocenters.